The van der Waals surface area contributed by atoms with Crippen LogP contribution in [0.4, 0.5) is 5.69 Å². The van der Waals surface area contributed by atoms with Crippen molar-refractivity contribution in [2.75, 3.05) is 5.73 Å². The van der Waals surface area contributed by atoms with Crippen molar-refractivity contribution in [3.63, 3.8) is 0 Å². The zero-order chi connectivity index (χ0) is 7.72. The SMILES string of the molecule is Nc1c(Cl)ccc(Cl)c1I. The molecule has 4 heteroatoms. The molecule has 1 rings (SSSR count). The number of nitrogens with two attached hydrogens (primary N) is 1. The molecule has 0 radical (unpaired) electrons. The summed E-state index contributed by atoms with van der Waals surface area (Å²) in [5, 5.41) is 1.19. The van der Waals surface area contributed by atoms with E-state index in [4.69, 9.17) is 28.9 Å². The Bertz CT molecular complexity index is 235. The van der Waals surface area contributed by atoms with E-state index in [2.05, 4.69) is 22.6 Å². The molecule has 0 atom stereocenters. The van der Waals surface area contributed by atoms with Crippen LogP contribution in [-0.2, 0) is 0 Å². The molecule has 0 saturated heterocycles. The molecule has 0 fully saturated rings. The first-order valence-corrected chi connectivity index (χ1v) is 4.35. The van der Waals surface area contributed by atoms with Crippen LogP contribution < -0.4 is 5.73 Å². The van der Waals surface area contributed by atoms with Crippen molar-refractivity contribution in [2.24, 2.45) is 0 Å². The number of benzene rings is 1. The average molecular weight is 288 g/mol. The van der Waals surface area contributed by atoms with Gasteiger partial charge in [0.15, 0.2) is 0 Å². The van der Waals surface area contributed by atoms with Crippen molar-refractivity contribution in [3.8, 4) is 0 Å². The van der Waals surface area contributed by atoms with Gasteiger partial charge in [-0.25, -0.2) is 0 Å². The van der Waals surface area contributed by atoms with Crippen LogP contribution in [0.2, 0.25) is 10.0 Å². The highest BCUT2D eigenvalue weighted by atomic mass is 127. The van der Waals surface area contributed by atoms with Crippen molar-refractivity contribution in [2.45, 2.75) is 0 Å². The first kappa shape index (κ1) is 8.43. The maximum atomic E-state index is 5.74. The quantitative estimate of drug-likeness (QED) is 0.443. The summed E-state index contributed by atoms with van der Waals surface area (Å²) in [6.45, 7) is 0. The number of hydrogen-bond acceptors (Lipinski definition) is 1. The minimum atomic E-state index is 0.550. The Balaban J connectivity index is 3.34. The van der Waals surface area contributed by atoms with Gasteiger partial charge >= 0.3 is 0 Å². The van der Waals surface area contributed by atoms with Crippen LogP contribution >= 0.6 is 45.8 Å². The van der Waals surface area contributed by atoms with Crippen molar-refractivity contribution in [1.29, 1.82) is 0 Å². The Morgan fingerprint density at radius 3 is 2.20 bits per heavy atom. The van der Waals surface area contributed by atoms with E-state index >= 15 is 0 Å². The molecule has 0 unspecified atom stereocenters. The summed E-state index contributed by atoms with van der Waals surface area (Å²) in [6, 6.07) is 3.41. The van der Waals surface area contributed by atoms with Crippen molar-refractivity contribution in [1.82, 2.24) is 0 Å². The molecule has 0 aliphatic carbocycles. The van der Waals surface area contributed by atoms with E-state index < -0.39 is 0 Å². The second kappa shape index (κ2) is 3.15. The van der Waals surface area contributed by atoms with Gasteiger partial charge in [0.2, 0.25) is 0 Å². The lowest BCUT2D eigenvalue weighted by molar-refractivity contribution is 1.62. The summed E-state index contributed by atoms with van der Waals surface area (Å²) in [6.07, 6.45) is 0. The monoisotopic (exact) mass is 287 g/mol. The van der Waals surface area contributed by atoms with Crippen LogP contribution in [0.25, 0.3) is 0 Å². The number of nitrogen functional groups attached to an aromatic ring is 1. The van der Waals surface area contributed by atoms with Gasteiger partial charge in [0, 0.05) is 0 Å². The molecule has 0 amide bonds. The van der Waals surface area contributed by atoms with Gasteiger partial charge in [0.1, 0.15) is 0 Å². The third-order valence-electron chi connectivity index (χ3n) is 1.08. The van der Waals surface area contributed by atoms with Crippen LogP contribution in [-0.4, -0.2) is 0 Å². The number of hydrogen-bond donors (Lipinski definition) is 1. The fraction of sp³-hybridized carbons (Fsp3) is 0. The minimum absolute atomic E-state index is 0.550. The van der Waals surface area contributed by atoms with Gasteiger partial charge < -0.3 is 5.73 Å². The zero-order valence-corrected chi connectivity index (χ0v) is 8.54. The minimum Gasteiger partial charge on any atom is -0.397 e. The van der Waals surface area contributed by atoms with Gasteiger partial charge in [-0.1, -0.05) is 23.2 Å². The fourth-order valence-electron chi connectivity index (χ4n) is 0.543. The Hall–Kier alpha value is 0.330. The lowest BCUT2D eigenvalue weighted by Crippen LogP contribution is -1.90. The maximum absolute atomic E-state index is 5.74. The first-order chi connectivity index (χ1) is 4.63. The predicted octanol–water partition coefficient (Wildman–Crippen LogP) is 3.18. The average Bonchev–Trinajstić information content (AvgIpc) is 1.93. The standard InChI is InChI=1S/C6H4Cl2IN/c7-3-1-2-4(8)6(10)5(3)9/h1-2H,10H2. The molecule has 0 aromatic heterocycles. The van der Waals surface area contributed by atoms with E-state index in [9.17, 15) is 0 Å². The maximum Gasteiger partial charge on any atom is 0.0654 e. The van der Waals surface area contributed by atoms with Gasteiger partial charge in [-0.3, -0.25) is 0 Å². The molecule has 1 aromatic rings. The van der Waals surface area contributed by atoms with Crippen LogP contribution in [0, 0.1) is 3.57 Å². The van der Waals surface area contributed by atoms with E-state index in [1.807, 2.05) is 0 Å². The summed E-state index contributed by atoms with van der Waals surface area (Å²) in [4.78, 5) is 0. The van der Waals surface area contributed by atoms with Crippen molar-refractivity contribution >= 4 is 51.5 Å². The summed E-state index contributed by atoms with van der Waals surface area (Å²) in [7, 11) is 0. The topological polar surface area (TPSA) is 26.0 Å². The Labute approximate surface area is 82.6 Å². The molecule has 10 heavy (non-hydrogen) atoms. The highest BCUT2D eigenvalue weighted by Crippen LogP contribution is 2.29. The molecule has 2 N–H and O–H groups in total. The molecule has 1 nitrogen and oxygen atoms in total. The van der Waals surface area contributed by atoms with Gasteiger partial charge in [-0.15, -0.1) is 0 Å². The lowest BCUT2D eigenvalue weighted by atomic mass is 10.3. The van der Waals surface area contributed by atoms with E-state index in [1.54, 1.807) is 12.1 Å². The van der Waals surface area contributed by atoms with Crippen molar-refractivity contribution < 1.29 is 0 Å². The third kappa shape index (κ3) is 1.49. The number of halogens is 3. The van der Waals surface area contributed by atoms with E-state index in [0.29, 0.717) is 15.7 Å². The summed E-state index contributed by atoms with van der Waals surface area (Å²) < 4.78 is 0.812. The molecule has 0 heterocycles. The van der Waals surface area contributed by atoms with Crippen LogP contribution in [0.15, 0.2) is 12.1 Å². The largest absolute Gasteiger partial charge is 0.397 e. The zero-order valence-electron chi connectivity index (χ0n) is 4.87. The number of rotatable bonds is 0. The summed E-state index contributed by atoms with van der Waals surface area (Å²) >= 11 is 13.5. The molecule has 0 saturated carbocycles. The second-order valence-corrected chi connectivity index (χ2v) is 3.65. The molecule has 54 valence electrons. The van der Waals surface area contributed by atoms with Gasteiger partial charge in [0.05, 0.1) is 19.3 Å². The molecular weight excluding hydrogens is 284 g/mol. The Kier molecular flexibility index (Phi) is 2.66. The fourth-order valence-corrected chi connectivity index (χ4v) is 1.49. The van der Waals surface area contributed by atoms with Crippen LogP contribution in [0.3, 0.4) is 0 Å². The third-order valence-corrected chi connectivity index (χ3v) is 3.21. The summed E-state index contributed by atoms with van der Waals surface area (Å²) in [5.41, 5.74) is 6.11. The number of anilines is 1. The van der Waals surface area contributed by atoms with Crippen LogP contribution in [0.1, 0.15) is 0 Å². The molecule has 1 aromatic carbocycles. The molecule has 0 bridgehead atoms. The van der Waals surface area contributed by atoms with Gasteiger partial charge in [-0.2, -0.15) is 0 Å². The first-order valence-electron chi connectivity index (χ1n) is 2.52. The Morgan fingerprint density at radius 1 is 1.20 bits per heavy atom. The van der Waals surface area contributed by atoms with Gasteiger partial charge in [-0.05, 0) is 34.7 Å². The highest BCUT2D eigenvalue weighted by Gasteiger charge is 2.03. The van der Waals surface area contributed by atoms with E-state index in [0.717, 1.165) is 3.57 Å². The molecule has 0 spiro atoms. The Morgan fingerprint density at radius 2 is 1.70 bits per heavy atom. The van der Waals surface area contributed by atoms with Crippen molar-refractivity contribution in [3.05, 3.63) is 25.7 Å². The smallest absolute Gasteiger partial charge is 0.0654 e. The summed E-state index contributed by atoms with van der Waals surface area (Å²) in [5.74, 6) is 0. The van der Waals surface area contributed by atoms with Crippen LogP contribution in [0.5, 0.6) is 0 Å². The normalized spacial score (nSPS) is 9.90. The second-order valence-electron chi connectivity index (χ2n) is 1.76. The van der Waals surface area contributed by atoms with E-state index in [-0.39, 0.29) is 0 Å². The van der Waals surface area contributed by atoms with E-state index in [1.165, 1.54) is 0 Å². The molecule has 0 aliphatic heterocycles. The lowest BCUT2D eigenvalue weighted by Gasteiger charge is -2.01. The molecule has 0 aliphatic rings. The molecular formula is C6H4Cl2IN. The highest BCUT2D eigenvalue weighted by molar-refractivity contribution is 14.1. The van der Waals surface area contributed by atoms with Gasteiger partial charge in [0.25, 0.3) is 0 Å². The predicted molar refractivity (Wildman–Crippen MR) is 53.6 cm³/mol.